The van der Waals surface area contributed by atoms with Crippen LogP contribution in [-0.4, -0.2) is 35.1 Å². The Hall–Kier alpha value is -2.57. The Morgan fingerprint density at radius 2 is 1.52 bits per heavy atom. The van der Waals surface area contributed by atoms with E-state index in [-0.39, 0.29) is 12.0 Å². The molecule has 0 aliphatic carbocycles. The smallest absolute Gasteiger partial charge is 0.254 e. The van der Waals surface area contributed by atoms with E-state index in [4.69, 9.17) is 0 Å². The number of aliphatic hydroxyl groups is 1. The minimum atomic E-state index is -0.370. The van der Waals surface area contributed by atoms with Gasteiger partial charge in [0.25, 0.3) is 5.91 Å². The zero-order chi connectivity index (χ0) is 14.7. The van der Waals surface area contributed by atoms with Crippen LogP contribution in [0.1, 0.15) is 21.5 Å². The van der Waals surface area contributed by atoms with Crippen LogP contribution < -0.4 is 0 Å². The van der Waals surface area contributed by atoms with Crippen molar-refractivity contribution in [2.75, 3.05) is 13.1 Å². The van der Waals surface area contributed by atoms with Gasteiger partial charge >= 0.3 is 0 Å². The van der Waals surface area contributed by atoms with Crippen molar-refractivity contribution in [1.29, 1.82) is 0 Å². The third-order valence-corrected chi connectivity index (χ3v) is 3.41. The summed E-state index contributed by atoms with van der Waals surface area (Å²) in [4.78, 5) is 13.7. The number of β-amino-alcohol motifs (C(OH)–C–C–N with tert-alkyl or cyclic N) is 1. The van der Waals surface area contributed by atoms with Gasteiger partial charge in [0.05, 0.1) is 6.10 Å². The van der Waals surface area contributed by atoms with Crippen LogP contribution in [0.3, 0.4) is 0 Å². The van der Waals surface area contributed by atoms with Crippen molar-refractivity contribution in [3.05, 3.63) is 71.3 Å². The molecule has 21 heavy (non-hydrogen) atoms. The van der Waals surface area contributed by atoms with Crippen molar-refractivity contribution in [1.82, 2.24) is 4.90 Å². The number of benzene rings is 2. The molecule has 1 saturated heterocycles. The van der Waals surface area contributed by atoms with Gasteiger partial charge < -0.3 is 10.0 Å². The highest BCUT2D eigenvalue weighted by molar-refractivity contribution is 5.94. The summed E-state index contributed by atoms with van der Waals surface area (Å²) < 4.78 is 0. The first kappa shape index (κ1) is 13.4. The molecule has 104 valence electrons. The summed E-state index contributed by atoms with van der Waals surface area (Å²) >= 11 is 0. The number of hydrogen-bond donors (Lipinski definition) is 1. The van der Waals surface area contributed by atoms with Gasteiger partial charge in [-0.3, -0.25) is 4.79 Å². The molecule has 0 bridgehead atoms. The average molecular weight is 277 g/mol. The molecule has 1 N–H and O–H groups in total. The van der Waals surface area contributed by atoms with E-state index in [1.165, 1.54) is 0 Å². The summed E-state index contributed by atoms with van der Waals surface area (Å²) in [6, 6.07) is 17.0. The Bertz CT molecular complexity index is 689. The molecule has 1 heterocycles. The van der Waals surface area contributed by atoms with Crippen molar-refractivity contribution >= 4 is 5.91 Å². The molecule has 3 nitrogen and oxygen atoms in total. The Balaban J connectivity index is 1.70. The highest BCUT2D eigenvalue weighted by Gasteiger charge is 2.29. The van der Waals surface area contributed by atoms with E-state index in [0.717, 1.165) is 11.1 Å². The van der Waals surface area contributed by atoms with Crippen molar-refractivity contribution in [2.24, 2.45) is 0 Å². The van der Waals surface area contributed by atoms with Crippen LogP contribution in [-0.2, 0) is 0 Å². The lowest BCUT2D eigenvalue weighted by atomic mass is 10.1. The van der Waals surface area contributed by atoms with Crippen LogP contribution in [0.5, 0.6) is 0 Å². The number of carbonyl (C=O) groups is 1. The minimum absolute atomic E-state index is 0.0390. The first-order valence-electron chi connectivity index (χ1n) is 6.87. The Morgan fingerprint density at radius 3 is 2.10 bits per heavy atom. The normalized spacial score (nSPS) is 14.0. The lowest BCUT2D eigenvalue weighted by Crippen LogP contribution is -2.53. The average Bonchev–Trinajstić information content (AvgIpc) is 2.51. The first-order chi connectivity index (χ1) is 10.2. The number of nitrogens with zero attached hydrogens (tertiary/aromatic N) is 1. The fourth-order valence-corrected chi connectivity index (χ4v) is 2.17. The van der Waals surface area contributed by atoms with E-state index in [1.807, 2.05) is 42.5 Å². The predicted molar refractivity (Wildman–Crippen MR) is 80.8 cm³/mol. The third-order valence-electron chi connectivity index (χ3n) is 3.41. The molecule has 3 rings (SSSR count). The topological polar surface area (TPSA) is 40.5 Å². The highest BCUT2D eigenvalue weighted by Crippen LogP contribution is 2.13. The number of carbonyl (C=O) groups excluding carboxylic acids is 1. The van der Waals surface area contributed by atoms with Crippen LogP contribution in [0.15, 0.2) is 54.6 Å². The second-order valence-corrected chi connectivity index (χ2v) is 5.06. The lowest BCUT2D eigenvalue weighted by Gasteiger charge is -2.35. The Kier molecular flexibility index (Phi) is 3.72. The van der Waals surface area contributed by atoms with Crippen molar-refractivity contribution in [3.8, 4) is 11.8 Å². The number of likely N-dealkylation sites (tertiary alicyclic amines) is 1. The molecule has 0 spiro atoms. The monoisotopic (exact) mass is 277 g/mol. The summed E-state index contributed by atoms with van der Waals surface area (Å²) in [7, 11) is 0. The van der Waals surface area contributed by atoms with Crippen molar-refractivity contribution in [3.63, 3.8) is 0 Å². The summed E-state index contributed by atoms with van der Waals surface area (Å²) in [5, 5.41) is 9.22. The fourth-order valence-electron chi connectivity index (χ4n) is 2.17. The fraction of sp³-hybridized carbons (Fsp3) is 0.167. The van der Waals surface area contributed by atoms with Crippen molar-refractivity contribution in [2.45, 2.75) is 6.10 Å². The van der Waals surface area contributed by atoms with E-state index in [2.05, 4.69) is 11.8 Å². The molecule has 2 aromatic carbocycles. The molecular formula is C18H15NO2. The largest absolute Gasteiger partial charge is 0.389 e. The molecule has 0 radical (unpaired) electrons. The standard InChI is InChI=1S/C18H15NO2/c20-17-12-19(13-17)18(21)16-10-8-15(9-11-16)7-6-14-4-2-1-3-5-14/h1-5,8-11,17,20H,12-13H2. The molecule has 2 aromatic rings. The van der Waals surface area contributed by atoms with E-state index >= 15 is 0 Å². The van der Waals surface area contributed by atoms with Gasteiger partial charge in [-0.15, -0.1) is 0 Å². The Morgan fingerprint density at radius 1 is 0.952 bits per heavy atom. The second-order valence-electron chi connectivity index (χ2n) is 5.06. The van der Waals surface area contributed by atoms with Gasteiger partial charge in [0.15, 0.2) is 0 Å². The van der Waals surface area contributed by atoms with Crippen LogP contribution in [0.25, 0.3) is 0 Å². The van der Waals surface area contributed by atoms with Gasteiger partial charge in [0, 0.05) is 29.8 Å². The number of aliphatic hydroxyl groups excluding tert-OH is 1. The highest BCUT2D eigenvalue weighted by atomic mass is 16.3. The lowest BCUT2D eigenvalue weighted by molar-refractivity contribution is 0.00589. The Labute approximate surface area is 123 Å². The summed E-state index contributed by atoms with van der Waals surface area (Å²) in [6.07, 6.45) is -0.370. The van der Waals surface area contributed by atoms with Crippen molar-refractivity contribution < 1.29 is 9.90 Å². The zero-order valence-electron chi connectivity index (χ0n) is 11.5. The molecule has 0 aromatic heterocycles. The second kappa shape index (κ2) is 5.82. The maximum atomic E-state index is 12.0. The molecular weight excluding hydrogens is 262 g/mol. The number of hydrogen-bond acceptors (Lipinski definition) is 2. The van der Waals surface area contributed by atoms with Gasteiger partial charge in [-0.25, -0.2) is 0 Å². The van der Waals surface area contributed by atoms with Gasteiger partial charge in [-0.2, -0.15) is 0 Å². The van der Waals surface area contributed by atoms with Crippen LogP contribution in [0, 0.1) is 11.8 Å². The number of amides is 1. The molecule has 0 unspecified atom stereocenters. The summed E-state index contributed by atoms with van der Waals surface area (Å²) in [6.45, 7) is 0.850. The minimum Gasteiger partial charge on any atom is -0.389 e. The van der Waals surface area contributed by atoms with Gasteiger partial charge in [0.2, 0.25) is 0 Å². The third kappa shape index (κ3) is 3.13. The predicted octanol–water partition coefficient (Wildman–Crippen LogP) is 1.90. The van der Waals surface area contributed by atoms with E-state index < -0.39 is 0 Å². The van der Waals surface area contributed by atoms with Crippen LogP contribution in [0.2, 0.25) is 0 Å². The molecule has 1 amide bonds. The molecule has 0 saturated carbocycles. The number of rotatable bonds is 1. The van der Waals surface area contributed by atoms with E-state index in [1.54, 1.807) is 17.0 Å². The van der Waals surface area contributed by atoms with E-state index in [0.29, 0.717) is 18.7 Å². The first-order valence-corrected chi connectivity index (χ1v) is 6.87. The van der Waals surface area contributed by atoms with Crippen LogP contribution >= 0.6 is 0 Å². The SMILES string of the molecule is O=C(c1ccc(C#Cc2ccccc2)cc1)N1CC(O)C1. The van der Waals surface area contributed by atoms with Gasteiger partial charge in [-0.05, 0) is 36.4 Å². The van der Waals surface area contributed by atoms with E-state index in [9.17, 15) is 9.90 Å². The van der Waals surface area contributed by atoms with Gasteiger partial charge in [0.1, 0.15) is 0 Å². The molecule has 1 aliphatic heterocycles. The van der Waals surface area contributed by atoms with Crippen LogP contribution in [0.4, 0.5) is 0 Å². The molecule has 0 atom stereocenters. The molecule has 1 fully saturated rings. The molecule has 1 aliphatic rings. The molecule has 3 heteroatoms. The maximum Gasteiger partial charge on any atom is 0.254 e. The van der Waals surface area contributed by atoms with Gasteiger partial charge in [-0.1, -0.05) is 30.0 Å². The summed E-state index contributed by atoms with van der Waals surface area (Å²) in [5.41, 5.74) is 2.47. The zero-order valence-corrected chi connectivity index (χ0v) is 11.5. The quantitative estimate of drug-likeness (QED) is 0.809. The summed E-state index contributed by atoms with van der Waals surface area (Å²) in [5.74, 6) is 6.12. The maximum absolute atomic E-state index is 12.0.